The number of ether oxygens (including phenoxy) is 1. The van der Waals surface area contributed by atoms with Gasteiger partial charge < -0.3 is 15.4 Å². The molecule has 2 atom stereocenters. The van der Waals surface area contributed by atoms with Crippen LogP contribution in [-0.4, -0.2) is 47.9 Å². The van der Waals surface area contributed by atoms with Gasteiger partial charge in [0.15, 0.2) is 5.13 Å². The smallest absolute Gasteiger partial charge is 0.251 e. The van der Waals surface area contributed by atoms with Crippen molar-refractivity contribution in [3.05, 3.63) is 40.9 Å². The van der Waals surface area contributed by atoms with Gasteiger partial charge in [-0.3, -0.25) is 14.5 Å². The number of carbonyl (C=O) groups excluding carboxylic acids is 2. The van der Waals surface area contributed by atoms with E-state index in [1.807, 2.05) is 5.38 Å². The van der Waals surface area contributed by atoms with Crippen LogP contribution < -0.4 is 15.4 Å². The number of carbonyl (C=O) groups is 2. The molecule has 1 aliphatic heterocycles. The minimum atomic E-state index is -0.298. The molecule has 2 N–H and O–H groups in total. The van der Waals surface area contributed by atoms with Crippen LogP contribution in [0.5, 0.6) is 5.75 Å². The molecule has 3 rings (SSSR count). The Labute approximate surface area is 194 Å². The van der Waals surface area contributed by atoms with Crippen molar-refractivity contribution in [3.8, 4) is 5.75 Å². The summed E-state index contributed by atoms with van der Waals surface area (Å²) in [5.41, 5.74) is 1.46. The number of hydrogen-bond acceptors (Lipinski definition) is 6. The quantitative estimate of drug-likeness (QED) is 0.522. The van der Waals surface area contributed by atoms with Crippen LogP contribution >= 0.6 is 11.3 Å². The highest BCUT2D eigenvalue weighted by molar-refractivity contribution is 7.13. The first kappa shape index (κ1) is 24.2. The molecule has 0 bridgehead atoms. The number of benzene rings is 1. The Hall–Kier alpha value is -2.45. The molecule has 1 fully saturated rings. The number of rotatable bonds is 10. The van der Waals surface area contributed by atoms with Gasteiger partial charge in [-0.1, -0.05) is 27.2 Å². The molecule has 1 aromatic carbocycles. The number of amides is 2. The van der Waals surface area contributed by atoms with Crippen molar-refractivity contribution in [2.75, 3.05) is 31.6 Å². The minimum Gasteiger partial charge on any atom is -0.494 e. The second kappa shape index (κ2) is 12.0. The summed E-state index contributed by atoms with van der Waals surface area (Å²) < 4.78 is 5.60. The van der Waals surface area contributed by atoms with Crippen molar-refractivity contribution < 1.29 is 14.3 Å². The van der Waals surface area contributed by atoms with Crippen molar-refractivity contribution >= 4 is 28.3 Å². The van der Waals surface area contributed by atoms with Crippen LogP contribution in [0.15, 0.2) is 29.6 Å². The molecule has 2 unspecified atom stereocenters. The Balaban J connectivity index is 1.41. The van der Waals surface area contributed by atoms with E-state index in [9.17, 15) is 9.59 Å². The van der Waals surface area contributed by atoms with Gasteiger partial charge >= 0.3 is 0 Å². The molecule has 7 nitrogen and oxygen atoms in total. The average molecular weight is 459 g/mol. The summed E-state index contributed by atoms with van der Waals surface area (Å²) in [6, 6.07) is 6.94. The third-order valence-corrected chi connectivity index (χ3v) is 6.23. The van der Waals surface area contributed by atoms with Crippen molar-refractivity contribution in [3.63, 3.8) is 0 Å². The maximum Gasteiger partial charge on any atom is 0.251 e. The molecule has 0 radical (unpaired) electrons. The lowest BCUT2D eigenvalue weighted by Crippen LogP contribution is -2.38. The summed E-state index contributed by atoms with van der Waals surface area (Å²) in [5.74, 6) is 1.54. The summed E-state index contributed by atoms with van der Waals surface area (Å²) in [4.78, 5) is 31.5. The molecule has 2 heterocycles. The summed E-state index contributed by atoms with van der Waals surface area (Å²) >= 11 is 1.41. The van der Waals surface area contributed by atoms with Gasteiger partial charge in [0.05, 0.1) is 18.8 Å². The normalized spacial score (nSPS) is 18.8. The van der Waals surface area contributed by atoms with Gasteiger partial charge in [-0.25, -0.2) is 4.98 Å². The van der Waals surface area contributed by atoms with Crippen molar-refractivity contribution in [1.29, 1.82) is 0 Å². The number of thiazole rings is 1. The van der Waals surface area contributed by atoms with Crippen LogP contribution in [0.1, 0.15) is 56.1 Å². The summed E-state index contributed by atoms with van der Waals surface area (Å²) in [5, 5.41) is 7.98. The molecule has 1 aliphatic rings. The first-order valence-electron chi connectivity index (χ1n) is 11.4. The monoisotopic (exact) mass is 458 g/mol. The van der Waals surface area contributed by atoms with Gasteiger partial charge in [-0.05, 0) is 48.9 Å². The summed E-state index contributed by atoms with van der Waals surface area (Å²) in [7, 11) is 0. The standard InChI is InChI=1S/C24H34N4O3S/c1-4-5-10-31-21-8-6-19(7-9-21)23(30)25-12-22(29)27-24-26-20(16-32-24)15-28-13-17(2)11-18(3)14-28/h6-9,16-18H,4-5,10-15H2,1-3H3,(H,25,30)(H,26,27,29). The fourth-order valence-electron chi connectivity index (χ4n) is 4.05. The molecule has 2 aromatic rings. The Morgan fingerprint density at radius 1 is 1.19 bits per heavy atom. The van der Waals surface area contributed by atoms with E-state index in [4.69, 9.17) is 4.74 Å². The molecule has 8 heteroatoms. The number of hydrogen-bond donors (Lipinski definition) is 2. The number of likely N-dealkylation sites (tertiary alicyclic amines) is 1. The maximum absolute atomic E-state index is 12.3. The first-order chi connectivity index (χ1) is 15.4. The van der Waals surface area contributed by atoms with Crippen LogP contribution in [0.25, 0.3) is 0 Å². The van der Waals surface area contributed by atoms with Crippen LogP contribution in [0.4, 0.5) is 5.13 Å². The maximum atomic E-state index is 12.3. The van der Waals surface area contributed by atoms with Crippen LogP contribution in [0.2, 0.25) is 0 Å². The summed E-state index contributed by atoms with van der Waals surface area (Å²) in [6.07, 6.45) is 3.34. The van der Waals surface area contributed by atoms with E-state index in [1.54, 1.807) is 24.3 Å². The Kier molecular flexibility index (Phi) is 9.05. The van der Waals surface area contributed by atoms with E-state index in [0.717, 1.165) is 43.9 Å². The largest absolute Gasteiger partial charge is 0.494 e. The lowest BCUT2D eigenvalue weighted by atomic mass is 9.92. The molecular weight excluding hydrogens is 424 g/mol. The molecule has 32 heavy (non-hydrogen) atoms. The third-order valence-electron chi connectivity index (χ3n) is 5.42. The Bertz CT molecular complexity index is 874. The average Bonchev–Trinajstić information content (AvgIpc) is 3.18. The SMILES string of the molecule is CCCCOc1ccc(C(=O)NCC(=O)Nc2nc(CN3CC(C)CC(C)C3)cs2)cc1. The number of unbranched alkanes of at least 4 members (excludes halogenated alkanes) is 1. The van der Waals surface area contributed by atoms with Crippen LogP contribution in [-0.2, 0) is 11.3 Å². The van der Waals surface area contributed by atoms with E-state index in [-0.39, 0.29) is 18.4 Å². The van der Waals surface area contributed by atoms with E-state index >= 15 is 0 Å². The van der Waals surface area contributed by atoms with E-state index in [0.29, 0.717) is 29.1 Å². The predicted octanol–water partition coefficient (Wildman–Crippen LogP) is 4.17. The zero-order valence-corrected chi connectivity index (χ0v) is 20.0. The number of anilines is 1. The molecule has 1 saturated heterocycles. The highest BCUT2D eigenvalue weighted by Crippen LogP contribution is 2.24. The molecule has 0 spiro atoms. The van der Waals surface area contributed by atoms with Crippen LogP contribution in [0, 0.1) is 11.8 Å². The molecular formula is C24H34N4O3S. The number of nitrogens with one attached hydrogen (secondary N) is 2. The minimum absolute atomic E-state index is 0.107. The second-order valence-electron chi connectivity index (χ2n) is 8.74. The van der Waals surface area contributed by atoms with Gasteiger partial charge in [0.1, 0.15) is 5.75 Å². The van der Waals surface area contributed by atoms with Crippen molar-refractivity contribution in [2.24, 2.45) is 11.8 Å². The van der Waals surface area contributed by atoms with E-state index in [1.165, 1.54) is 17.8 Å². The third kappa shape index (κ3) is 7.60. The number of piperidine rings is 1. The fourth-order valence-corrected chi connectivity index (χ4v) is 4.77. The molecule has 0 saturated carbocycles. The summed E-state index contributed by atoms with van der Waals surface area (Å²) in [6.45, 7) is 10.2. The lowest BCUT2D eigenvalue weighted by Gasteiger charge is -2.34. The van der Waals surface area contributed by atoms with E-state index < -0.39 is 0 Å². The van der Waals surface area contributed by atoms with Crippen LogP contribution in [0.3, 0.4) is 0 Å². The fraction of sp³-hybridized carbons (Fsp3) is 0.542. The zero-order valence-electron chi connectivity index (χ0n) is 19.2. The first-order valence-corrected chi connectivity index (χ1v) is 12.3. The van der Waals surface area contributed by atoms with Gasteiger partial charge in [0.2, 0.25) is 5.91 Å². The predicted molar refractivity (Wildman–Crippen MR) is 128 cm³/mol. The number of nitrogens with zero attached hydrogens (tertiary/aromatic N) is 2. The highest BCUT2D eigenvalue weighted by atomic mass is 32.1. The van der Waals surface area contributed by atoms with E-state index in [2.05, 4.69) is 41.3 Å². The lowest BCUT2D eigenvalue weighted by molar-refractivity contribution is -0.115. The van der Waals surface area contributed by atoms with Crippen molar-refractivity contribution in [2.45, 2.75) is 46.6 Å². The Morgan fingerprint density at radius 2 is 1.91 bits per heavy atom. The van der Waals surface area contributed by atoms with Gasteiger partial charge in [-0.2, -0.15) is 0 Å². The second-order valence-corrected chi connectivity index (χ2v) is 9.60. The molecule has 2 amide bonds. The zero-order chi connectivity index (χ0) is 22.9. The Morgan fingerprint density at radius 3 is 2.59 bits per heavy atom. The van der Waals surface area contributed by atoms with Gasteiger partial charge in [-0.15, -0.1) is 11.3 Å². The topological polar surface area (TPSA) is 83.6 Å². The molecule has 0 aliphatic carbocycles. The van der Waals surface area contributed by atoms with Crippen molar-refractivity contribution in [1.82, 2.24) is 15.2 Å². The van der Waals surface area contributed by atoms with Gasteiger partial charge in [0, 0.05) is 30.6 Å². The van der Waals surface area contributed by atoms with Gasteiger partial charge in [0.25, 0.3) is 5.91 Å². The molecule has 174 valence electrons. The highest BCUT2D eigenvalue weighted by Gasteiger charge is 2.22. The molecule has 1 aromatic heterocycles. The number of aromatic nitrogens is 1.